The first-order valence-electron chi connectivity index (χ1n) is 11.6. The lowest BCUT2D eigenvalue weighted by molar-refractivity contribution is -0.143. The molecule has 3 aromatic rings. The van der Waals surface area contributed by atoms with Crippen LogP contribution in [0.3, 0.4) is 0 Å². The summed E-state index contributed by atoms with van der Waals surface area (Å²) in [7, 11) is 0. The van der Waals surface area contributed by atoms with Crippen LogP contribution >= 0.6 is 11.6 Å². The highest BCUT2D eigenvalue weighted by atomic mass is 35.5. The van der Waals surface area contributed by atoms with E-state index in [-0.39, 0.29) is 31.5 Å². The summed E-state index contributed by atoms with van der Waals surface area (Å²) in [5, 5.41) is 3.53. The van der Waals surface area contributed by atoms with Crippen LogP contribution in [-0.2, 0) is 22.6 Å². The molecule has 0 radical (unpaired) electrons. The molecule has 0 aliphatic rings. The van der Waals surface area contributed by atoms with E-state index >= 15 is 0 Å². The molecule has 2 atom stereocenters. The largest absolute Gasteiger partial charge is 0.484 e. The molecule has 0 spiro atoms. The van der Waals surface area contributed by atoms with E-state index in [1.165, 1.54) is 11.0 Å². The van der Waals surface area contributed by atoms with E-state index in [2.05, 4.69) is 5.32 Å². The van der Waals surface area contributed by atoms with Gasteiger partial charge in [0.1, 0.15) is 17.6 Å². The monoisotopic (exact) mass is 496 g/mol. The van der Waals surface area contributed by atoms with Crippen molar-refractivity contribution in [2.24, 2.45) is 0 Å². The molecule has 2 amide bonds. The number of hydrogen-bond donors (Lipinski definition) is 1. The van der Waals surface area contributed by atoms with Crippen LogP contribution in [0.4, 0.5) is 4.39 Å². The first-order chi connectivity index (χ1) is 16.9. The molecule has 1 N–H and O–H groups in total. The van der Waals surface area contributed by atoms with Crippen molar-refractivity contribution in [3.63, 3.8) is 0 Å². The van der Waals surface area contributed by atoms with Gasteiger partial charge in [0.05, 0.1) is 0 Å². The lowest BCUT2D eigenvalue weighted by atomic mass is 10.0. The Hall–Kier alpha value is -3.38. The van der Waals surface area contributed by atoms with Gasteiger partial charge in [-0.3, -0.25) is 9.59 Å². The molecule has 3 aromatic carbocycles. The molecular weight excluding hydrogens is 467 g/mol. The van der Waals surface area contributed by atoms with Crippen molar-refractivity contribution in [3.05, 3.63) is 101 Å². The second kappa shape index (κ2) is 12.9. The molecule has 5 nitrogen and oxygen atoms in total. The first-order valence-corrected chi connectivity index (χ1v) is 12.0. The number of nitrogens with one attached hydrogen (secondary N) is 1. The molecular formula is C28H30ClFN2O3. The summed E-state index contributed by atoms with van der Waals surface area (Å²) in [5.74, 6) is -0.690. The highest BCUT2D eigenvalue weighted by Crippen LogP contribution is 2.19. The number of nitrogens with zero attached hydrogens (tertiary/aromatic N) is 1. The molecule has 3 rings (SSSR count). The Morgan fingerprint density at radius 2 is 1.66 bits per heavy atom. The summed E-state index contributed by atoms with van der Waals surface area (Å²) in [6.07, 6.45) is 1.02. The molecule has 0 heterocycles. The van der Waals surface area contributed by atoms with Gasteiger partial charge in [0.2, 0.25) is 5.91 Å². The Labute approximate surface area is 210 Å². The van der Waals surface area contributed by atoms with Gasteiger partial charge >= 0.3 is 0 Å². The van der Waals surface area contributed by atoms with Crippen LogP contribution in [0.2, 0.25) is 5.02 Å². The van der Waals surface area contributed by atoms with Crippen LogP contribution in [0.5, 0.6) is 5.75 Å². The van der Waals surface area contributed by atoms with Crippen LogP contribution < -0.4 is 10.1 Å². The van der Waals surface area contributed by atoms with Crippen molar-refractivity contribution in [2.75, 3.05) is 6.61 Å². The lowest BCUT2D eigenvalue weighted by Gasteiger charge is -2.32. The van der Waals surface area contributed by atoms with Crippen molar-refractivity contribution in [2.45, 2.75) is 45.3 Å². The predicted octanol–water partition coefficient (Wildman–Crippen LogP) is 5.41. The topological polar surface area (TPSA) is 58.6 Å². The molecule has 35 heavy (non-hydrogen) atoms. The second-order valence-corrected chi connectivity index (χ2v) is 8.82. The maximum atomic E-state index is 14.6. The molecule has 184 valence electrons. The number of halogens is 2. The van der Waals surface area contributed by atoms with Crippen molar-refractivity contribution < 1.29 is 18.7 Å². The van der Waals surface area contributed by atoms with Crippen LogP contribution in [-0.4, -0.2) is 35.4 Å². The van der Waals surface area contributed by atoms with Gasteiger partial charge in [0.25, 0.3) is 5.91 Å². The SMILES string of the molecule is CCC(C)NC(=O)C(Cc1ccccc1)N(Cc1ccccc1F)C(=O)COc1ccc(Cl)cc1. The molecule has 0 saturated heterocycles. The molecule has 0 fully saturated rings. The van der Waals surface area contributed by atoms with Crippen LogP contribution in [0.15, 0.2) is 78.9 Å². The van der Waals surface area contributed by atoms with Gasteiger partial charge in [-0.05, 0) is 49.2 Å². The number of hydrogen-bond acceptors (Lipinski definition) is 3. The number of rotatable bonds is 11. The summed E-state index contributed by atoms with van der Waals surface area (Å²) in [6.45, 7) is 3.50. The van der Waals surface area contributed by atoms with Crippen LogP contribution in [0, 0.1) is 5.82 Å². The number of amides is 2. The van der Waals surface area contributed by atoms with Gasteiger partial charge in [-0.25, -0.2) is 4.39 Å². The fourth-order valence-corrected chi connectivity index (χ4v) is 3.69. The molecule has 0 saturated carbocycles. The normalized spacial score (nSPS) is 12.5. The predicted molar refractivity (Wildman–Crippen MR) is 136 cm³/mol. The van der Waals surface area contributed by atoms with E-state index < -0.39 is 17.8 Å². The third-order valence-corrected chi connectivity index (χ3v) is 6.00. The summed E-state index contributed by atoms with van der Waals surface area (Å²) < 4.78 is 20.3. The Morgan fingerprint density at radius 3 is 2.31 bits per heavy atom. The van der Waals surface area contributed by atoms with Crippen molar-refractivity contribution >= 4 is 23.4 Å². The number of carbonyl (C=O) groups is 2. The Morgan fingerprint density at radius 1 is 1.00 bits per heavy atom. The standard InChI is InChI=1S/C28H30ClFN2O3/c1-3-20(2)31-28(34)26(17-21-9-5-4-6-10-21)32(18-22-11-7-8-12-25(22)30)27(33)19-35-24-15-13-23(29)14-16-24/h4-16,20,26H,3,17-19H2,1-2H3,(H,31,34). The Bertz CT molecular complexity index is 1110. The van der Waals surface area contributed by atoms with Crippen LogP contribution in [0.25, 0.3) is 0 Å². The van der Waals surface area contributed by atoms with Crippen molar-refractivity contribution in [1.29, 1.82) is 0 Å². The zero-order chi connectivity index (χ0) is 25.2. The number of carbonyl (C=O) groups excluding carboxylic acids is 2. The van der Waals surface area contributed by atoms with Gasteiger partial charge in [-0.1, -0.05) is 67.1 Å². The van der Waals surface area contributed by atoms with Gasteiger partial charge in [-0.15, -0.1) is 0 Å². The Kier molecular flexibility index (Phi) is 9.67. The second-order valence-electron chi connectivity index (χ2n) is 8.38. The zero-order valence-corrected chi connectivity index (χ0v) is 20.7. The molecule has 0 aromatic heterocycles. The smallest absolute Gasteiger partial charge is 0.261 e. The van der Waals surface area contributed by atoms with Gasteiger partial charge in [-0.2, -0.15) is 0 Å². The summed E-state index contributed by atoms with van der Waals surface area (Å²) in [6, 6.07) is 21.4. The minimum atomic E-state index is -0.854. The van der Waals surface area contributed by atoms with Gasteiger partial charge in [0, 0.05) is 29.6 Å². The Balaban J connectivity index is 1.91. The number of ether oxygens (including phenoxy) is 1. The van der Waals surface area contributed by atoms with Gasteiger partial charge in [0.15, 0.2) is 6.61 Å². The molecule has 2 unspecified atom stereocenters. The maximum Gasteiger partial charge on any atom is 0.261 e. The number of benzene rings is 3. The van der Waals surface area contributed by atoms with Gasteiger partial charge < -0.3 is 15.0 Å². The quantitative estimate of drug-likeness (QED) is 0.386. The summed E-state index contributed by atoms with van der Waals surface area (Å²) in [5.41, 5.74) is 1.21. The zero-order valence-electron chi connectivity index (χ0n) is 19.9. The fraction of sp³-hybridized carbons (Fsp3) is 0.286. The molecule has 0 aliphatic carbocycles. The third kappa shape index (κ3) is 7.82. The van der Waals surface area contributed by atoms with E-state index in [9.17, 15) is 14.0 Å². The average molecular weight is 497 g/mol. The molecule has 7 heteroatoms. The van der Waals surface area contributed by atoms with Crippen molar-refractivity contribution in [3.8, 4) is 5.75 Å². The average Bonchev–Trinajstić information content (AvgIpc) is 2.87. The molecule has 0 bridgehead atoms. The fourth-order valence-electron chi connectivity index (χ4n) is 3.56. The minimum absolute atomic E-state index is 0.0685. The highest BCUT2D eigenvalue weighted by molar-refractivity contribution is 6.30. The van der Waals surface area contributed by atoms with E-state index in [0.717, 1.165) is 12.0 Å². The van der Waals surface area contributed by atoms with Crippen LogP contribution in [0.1, 0.15) is 31.4 Å². The summed E-state index contributed by atoms with van der Waals surface area (Å²) >= 11 is 5.93. The third-order valence-electron chi connectivity index (χ3n) is 5.75. The first kappa shape index (κ1) is 26.2. The maximum absolute atomic E-state index is 14.6. The van der Waals surface area contributed by atoms with E-state index in [1.807, 2.05) is 44.2 Å². The minimum Gasteiger partial charge on any atom is -0.484 e. The van der Waals surface area contributed by atoms with E-state index in [0.29, 0.717) is 16.3 Å². The van der Waals surface area contributed by atoms with Crippen molar-refractivity contribution in [1.82, 2.24) is 10.2 Å². The highest BCUT2D eigenvalue weighted by Gasteiger charge is 2.31. The summed E-state index contributed by atoms with van der Waals surface area (Å²) in [4.78, 5) is 28.3. The molecule has 0 aliphatic heterocycles. The van der Waals surface area contributed by atoms with E-state index in [1.54, 1.807) is 42.5 Å². The lowest BCUT2D eigenvalue weighted by Crippen LogP contribution is -2.53. The van der Waals surface area contributed by atoms with E-state index in [4.69, 9.17) is 16.3 Å².